The van der Waals surface area contributed by atoms with E-state index in [4.69, 9.17) is 0 Å². The molecule has 0 fully saturated rings. The fourth-order valence-corrected chi connectivity index (χ4v) is 1.61. The predicted molar refractivity (Wildman–Crippen MR) is 62.8 cm³/mol. The van der Waals surface area contributed by atoms with Crippen molar-refractivity contribution in [2.45, 2.75) is 6.18 Å². The van der Waals surface area contributed by atoms with Crippen LogP contribution >= 0.6 is 0 Å². The first-order chi connectivity index (χ1) is 8.91. The van der Waals surface area contributed by atoms with E-state index < -0.39 is 23.3 Å². The quantitative estimate of drug-likeness (QED) is 0.911. The highest BCUT2D eigenvalue weighted by atomic mass is 19.4. The van der Waals surface area contributed by atoms with Crippen molar-refractivity contribution < 1.29 is 18.0 Å². The summed E-state index contributed by atoms with van der Waals surface area (Å²) < 4.78 is 38.0. The van der Waals surface area contributed by atoms with Crippen LogP contribution in [0.25, 0.3) is 0 Å². The van der Waals surface area contributed by atoms with Crippen LogP contribution in [0.5, 0.6) is 0 Å². The second-order valence-electron chi connectivity index (χ2n) is 3.86. The van der Waals surface area contributed by atoms with E-state index in [-0.39, 0.29) is 0 Å². The Labute approximate surface area is 106 Å². The zero-order valence-corrected chi connectivity index (χ0v) is 9.90. The molecule has 0 aliphatic carbocycles. The van der Waals surface area contributed by atoms with Gasteiger partial charge in [-0.15, -0.1) is 0 Å². The van der Waals surface area contributed by atoms with Gasteiger partial charge in [-0.2, -0.15) is 18.3 Å². The van der Waals surface area contributed by atoms with E-state index in [0.717, 1.165) is 11.1 Å². The summed E-state index contributed by atoms with van der Waals surface area (Å²) in [6, 6.07) is 8.40. The van der Waals surface area contributed by atoms with Gasteiger partial charge in [0.25, 0.3) is 5.91 Å². The van der Waals surface area contributed by atoms with Crippen molar-refractivity contribution in [1.82, 2.24) is 10.2 Å². The Morgan fingerprint density at radius 1 is 1.26 bits per heavy atom. The fraction of sp³-hybridized carbons (Fsp3) is 0.167. The second kappa shape index (κ2) is 4.75. The molecule has 7 heteroatoms. The molecule has 1 aromatic carbocycles. The molecule has 0 saturated carbocycles. The first kappa shape index (κ1) is 13.1. The van der Waals surface area contributed by atoms with E-state index in [1.807, 2.05) is 5.10 Å². The molecule has 19 heavy (non-hydrogen) atoms. The van der Waals surface area contributed by atoms with Gasteiger partial charge in [-0.3, -0.25) is 9.89 Å². The number of nitrogens with one attached hydrogen (secondary N) is 1. The molecule has 1 amide bonds. The fourth-order valence-electron chi connectivity index (χ4n) is 1.61. The molecule has 0 aliphatic rings. The summed E-state index contributed by atoms with van der Waals surface area (Å²) in [4.78, 5) is 13.2. The summed E-state index contributed by atoms with van der Waals surface area (Å²) in [5.74, 6) is -0.771. The number of amides is 1. The molecule has 2 aromatic rings. The number of alkyl halides is 3. The summed E-state index contributed by atoms with van der Waals surface area (Å²) >= 11 is 0. The minimum Gasteiger partial charge on any atom is -0.311 e. The highest BCUT2D eigenvalue weighted by Crippen LogP contribution is 2.31. The molecule has 0 radical (unpaired) electrons. The lowest BCUT2D eigenvalue weighted by Crippen LogP contribution is -2.28. The number of nitrogens with zero attached hydrogens (tertiary/aromatic N) is 2. The van der Waals surface area contributed by atoms with Crippen molar-refractivity contribution >= 4 is 11.6 Å². The maximum Gasteiger partial charge on any atom is 0.433 e. The number of hydrogen-bond acceptors (Lipinski definition) is 2. The van der Waals surface area contributed by atoms with Crippen LogP contribution < -0.4 is 4.90 Å². The maximum absolute atomic E-state index is 12.7. The van der Waals surface area contributed by atoms with Crippen molar-refractivity contribution in [3.63, 3.8) is 0 Å². The zero-order chi connectivity index (χ0) is 14.0. The highest BCUT2D eigenvalue weighted by molar-refractivity contribution is 6.06. The zero-order valence-electron chi connectivity index (χ0n) is 9.90. The van der Waals surface area contributed by atoms with E-state index >= 15 is 0 Å². The number of para-hydroxylation sites is 1. The van der Waals surface area contributed by atoms with E-state index in [9.17, 15) is 18.0 Å². The molecule has 100 valence electrons. The predicted octanol–water partition coefficient (Wildman–Crippen LogP) is 2.71. The van der Waals surface area contributed by atoms with Crippen LogP contribution in [-0.4, -0.2) is 23.2 Å². The van der Waals surface area contributed by atoms with Crippen LogP contribution in [0.2, 0.25) is 0 Å². The summed E-state index contributed by atoms with van der Waals surface area (Å²) in [7, 11) is 1.41. The maximum atomic E-state index is 12.7. The molecular weight excluding hydrogens is 259 g/mol. The molecule has 1 heterocycles. The van der Waals surface area contributed by atoms with E-state index in [0.29, 0.717) is 5.69 Å². The Bertz CT molecular complexity index is 577. The molecule has 1 aromatic heterocycles. The van der Waals surface area contributed by atoms with Gasteiger partial charge in [-0.1, -0.05) is 18.2 Å². The van der Waals surface area contributed by atoms with Crippen molar-refractivity contribution in [2.24, 2.45) is 0 Å². The Kier molecular flexibility index (Phi) is 3.28. The smallest absolute Gasteiger partial charge is 0.311 e. The van der Waals surface area contributed by atoms with Crippen LogP contribution in [-0.2, 0) is 6.18 Å². The van der Waals surface area contributed by atoms with Crippen LogP contribution in [0.15, 0.2) is 36.5 Å². The Hall–Kier alpha value is -2.31. The summed E-state index contributed by atoms with van der Waals surface area (Å²) in [5, 5.41) is 5.10. The van der Waals surface area contributed by atoms with Gasteiger partial charge < -0.3 is 4.90 Å². The van der Waals surface area contributed by atoms with Crippen molar-refractivity contribution in [2.75, 3.05) is 11.9 Å². The van der Waals surface area contributed by atoms with Crippen molar-refractivity contribution in [3.05, 3.63) is 47.8 Å². The third-order valence-electron chi connectivity index (χ3n) is 2.60. The lowest BCUT2D eigenvalue weighted by Gasteiger charge is -2.17. The number of aromatic amines is 1. The van der Waals surface area contributed by atoms with Crippen LogP contribution in [0.3, 0.4) is 0 Å². The molecule has 4 nitrogen and oxygen atoms in total. The van der Waals surface area contributed by atoms with Gasteiger partial charge in [0.2, 0.25) is 0 Å². The standard InChI is InChI=1S/C12H10F3N3O/c1-18(8-5-3-2-4-6-8)11(19)9-7-16-17-10(9)12(13,14)15/h2-7H,1H3,(H,16,17). The van der Waals surface area contributed by atoms with Gasteiger partial charge >= 0.3 is 6.18 Å². The molecule has 0 atom stereocenters. The number of aromatic nitrogens is 2. The SMILES string of the molecule is CN(C(=O)c1cn[nH]c1C(F)(F)F)c1ccccc1. The minimum absolute atomic E-state index is 0.501. The first-order valence-corrected chi connectivity index (χ1v) is 5.35. The number of halogens is 3. The number of benzene rings is 1. The third-order valence-corrected chi connectivity index (χ3v) is 2.60. The van der Waals surface area contributed by atoms with Gasteiger partial charge in [0.1, 0.15) is 0 Å². The second-order valence-corrected chi connectivity index (χ2v) is 3.86. The summed E-state index contributed by atoms with van der Waals surface area (Å²) in [6.07, 6.45) is -3.76. The lowest BCUT2D eigenvalue weighted by molar-refractivity contribution is -0.141. The normalized spacial score (nSPS) is 11.4. The van der Waals surface area contributed by atoms with Gasteiger partial charge in [-0.25, -0.2) is 0 Å². The molecule has 0 aliphatic heterocycles. The van der Waals surface area contributed by atoms with E-state index in [1.165, 1.54) is 7.05 Å². The molecule has 0 bridgehead atoms. The number of anilines is 1. The highest BCUT2D eigenvalue weighted by Gasteiger charge is 2.38. The molecule has 0 unspecified atom stereocenters. The number of carbonyl (C=O) groups is 1. The van der Waals surface area contributed by atoms with Gasteiger partial charge in [0.15, 0.2) is 5.69 Å². The topological polar surface area (TPSA) is 49.0 Å². The minimum atomic E-state index is -4.64. The molecule has 1 N–H and O–H groups in total. The van der Waals surface area contributed by atoms with Gasteiger partial charge in [0, 0.05) is 12.7 Å². The molecule has 2 rings (SSSR count). The van der Waals surface area contributed by atoms with E-state index in [1.54, 1.807) is 30.3 Å². The molecular formula is C12H10F3N3O. The molecule has 0 spiro atoms. The summed E-state index contributed by atoms with van der Waals surface area (Å²) in [6.45, 7) is 0. The monoisotopic (exact) mass is 269 g/mol. The lowest BCUT2D eigenvalue weighted by atomic mass is 10.2. The first-order valence-electron chi connectivity index (χ1n) is 5.35. The number of H-pyrrole nitrogens is 1. The Morgan fingerprint density at radius 2 is 1.89 bits per heavy atom. The Balaban J connectivity index is 2.33. The van der Waals surface area contributed by atoms with Gasteiger partial charge in [-0.05, 0) is 12.1 Å². The summed E-state index contributed by atoms with van der Waals surface area (Å²) in [5.41, 5.74) is -1.14. The number of carbonyl (C=O) groups excluding carboxylic acids is 1. The number of hydrogen-bond donors (Lipinski definition) is 1. The average molecular weight is 269 g/mol. The Morgan fingerprint density at radius 3 is 2.47 bits per heavy atom. The number of rotatable bonds is 2. The van der Waals surface area contributed by atoms with Crippen molar-refractivity contribution in [3.8, 4) is 0 Å². The van der Waals surface area contributed by atoms with Gasteiger partial charge in [0.05, 0.1) is 11.8 Å². The largest absolute Gasteiger partial charge is 0.433 e. The van der Waals surface area contributed by atoms with Crippen LogP contribution in [0.4, 0.5) is 18.9 Å². The third kappa shape index (κ3) is 2.59. The molecule has 0 saturated heterocycles. The van der Waals surface area contributed by atoms with Crippen LogP contribution in [0.1, 0.15) is 16.1 Å². The van der Waals surface area contributed by atoms with Crippen LogP contribution in [0, 0.1) is 0 Å². The van der Waals surface area contributed by atoms with Crippen molar-refractivity contribution in [1.29, 1.82) is 0 Å². The van der Waals surface area contributed by atoms with E-state index in [2.05, 4.69) is 5.10 Å². The average Bonchev–Trinajstić information content (AvgIpc) is 2.87.